The summed E-state index contributed by atoms with van der Waals surface area (Å²) in [6.07, 6.45) is 5.56. The van der Waals surface area contributed by atoms with Crippen molar-refractivity contribution in [2.45, 2.75) is 71.6 Å². The second-order valence-electron chi connectivity index (χ2n) is 29.4. The summed E-state index contributed by atoms with van der Waals surface area (Å²) >= 11 is 0. The van der Waals surface area contributed by atoms with E-state index in [-0.39, 0.29) is 22.9 Å². The highest BCUT2D eigenvalue weighted by Crippen LogP contribution is 2.63. The van der Waals surface area contributed by atoms with E-state index < -0.39 is 10.8 Å². The summed E-state index contributed by atoms with van der Waals surface area (Å²) in [4.78, 5) is 13.0. The van der Waals surface area contributed by atoms with E-state index in [9.17, 15) is 13.2 Å². The quantitative estimate of drug-likeness (QED) is 0.172. The Morgan fingerprint density at radius 1 is 0.236 bits per heavy atom. The van der Waals surface area contributed by atoms with Crippen LogP contribution < -0.4 is 0 Å². The van der Waals surface area contributed by atoms with Crippen LogP contribution in [0.15, 0.2) is 364 Å². The summed E-state index contributed by atoms with van der Waals surface area (Å²) in [7, 11) is 0. The van der Waals surface area contributed by atoms with E-state index in [1.165, 1.54) is 111 Å². The molecular formula is C104H84F3N3. The van der Waals surface area contributed by atoms with Crippen LogP contribution >= 0.6 is 0 Å². The Bertz CT molecular complexity index is 5630. The highest BCUT2D eigenvalue weighted by molar-refractivity contribution is 5.95. The van der Waals surface area contributed by atoms with Crippen molar-refractivity contribution in [2.24, 2.45) is 0 Å². The lowest BCUT2D eigenvalue weighted by Gasteiger charge is -2.34. The molecule has 0 atom stereocenters. The number of pyridine rings is 3. The molecule has 4 aliphatic carbocycles. The van der Waals surface area contributed by atoms with E-state index in [4.69, 9.17) is 0 Å². The van der Waals surface area contributed by atoms with Crippen molar-refractivity contribution in [3.63, 3.8) is 0 Å². The van der Waals surface area contributed by atoms with Gasteiger partial charge in [-0.15, -0.1) is 0 Å². The largest absolute Gasteiger partial charge is 0.256 e. The molecule has 0 radical (unpaired) electrons. The zero-order valence-electron chi connectivity index (χ0n) is 63.1. The van der Waals surface area contributed by atoms with Gasteiger partial charge in [-0.3, -0.25) is 15.0 Å². The van der Waals surface area contributed by atoms with Gasteiger partial charge in [-0.2, -0.15) is 0 Å². The molecule has 1 spiro atoms. The fourth-order valence-electron chi connectivity index (χ4n) is 16.6. The van der Waals surface area contributed by atoms with Crippen LogP contribution in [0.1, 0.15) is 103 Å². The standard InChI is InChI=1S/C26H17F.C26H19F.C16H15F.3C12H11N/c1-16-10-12-20-21-13-11-17(27)15-25(21)26(24(20)14-16)22-8-4-2-6-18(22)19-7-3-5-9-23(19)26;1-18-12-14-22-23-15-13-21(27)17-25(23)26(24(22)16-18,19-8-4-2-5-9-19)20-10-6-3-7-11-20;1-10-4-6-12-13-7-5-11(17)9-15(13)16(2,3)14(12)8-10;1-10-6-5-9-13-12(10)11-7-3-2-4-8-11;1-10-7-8-13-12(9-10)11-5-3-2-4-6-11;1-10-7-8-12(13-9-10)11-5-3-2-4-6-11/h2-15H,1H3;2-17H,1H3;4-9H,1-3H3;3*2-9H,1H3. The Kier molecular flexibility index (Phi) is 20.6. The summed E-state index contributed by atoms with van der Waals surface area (Å²) in [6.45, 7) is 16.9. The lowest BCUT2D eigenvalue weighted by atomic mass is 9.67. The normalized spacial score (nSPS) is 12.9. The molecule has 20 rings (SSSR count). The maximum atomic E-state index is 14.5. The van der Waals surface area contributed by atoms with Crippen LogP contribution in [0.25, 0.3) is 78.3 Å². The minimum absolute atomic E-state index is 0.0984. The molecule has 0 N–H and O–H groups in total. The smallest absolute Gasteiger partial charge is 0.123 e. The van der Waals surface area contributed by atoms with Crippen molar-refractivity contribution in [1.29, 1.82) is 0 Å². The monoisotopic (exact) mass is 1430 g/mol. The van der Waals surface area contributed by atoms with Crippen molar-refractivity contribution in [2.75, 3.05) is 0 Å². The van der Waals surface area contributed by atoms with Gasteiger partial charge in [0, 0.05) is 40.7 Å². The molecule has 0 saturated carbocycles. The minimum atomic E-state index is -0.513. The Balaban J connectivity index is 0.000000108. The maximum Gasteiger partial charge on any atom is 0.123 e. The minimum Gasteiger partial charge on any atom is -0.256 e. The maximum absolute atomic E-state index is 14.5. The first kappa shape index (κ1) is 72.7. The van der Waals surface area contributed by atoms with Crippen molar-refractivity contribution in [3.8, 4) is 78.3 Å². The van der Waals surface area contributed by atoms with Crippen LogP contribution in [0.5, 0.6) is 0 Å². The molecule has 13 aromatic carbocycles. The third-order valence-corrected chi connectivity index (χ3v) is 21.7. The SMILES string of the molecule is Cc1ccc(-c2ccccc2)nc1.Cc1ccc2c(c1)C(C)(C)c1cc(F)ccc1-2.Cc1ccc2c(c1)C(c1ccccc1)(c1ccccc1)c1cc(F)ccc1-2.Cc1ccc2c(c1)C1(c3ccccc3-c3ccccc31)c1cc(F)ccc1-2.Cc1cccnc1-c1ccccc1.Cc1ccnc(-c2ccccc2)c1. The van der Waals surface area contributed by atoms with Crippen LogP contribution in [0, 0.1) is 59.0 Å². The van der Waals surface area contributed by atoms with Gasteiger partial charge in [-0.1, -0.05) is 316 Å². The van der Waals surface area contributed by atoms with Gasteiger partial charge in [0.2, 0.25) is 0 Å². The van der Waals surface area contributed by atoms with Crippen LogP contribution in [0.4, 0.5) is 13.2 Å². The summed E-state index contributed by atoms with van der Waals surface area (Å²) < 4.78 is 42.3. The second-order valence-corrected chi connectivity index (χ2v) is 29.4. The molecule has 3 nitrogen and oxygen atoms in total. The molecule has 16 aromatic rings. The molecule has 0 amide bonds. The number of hydrogen-bond acceptors (Lipinski definition) is 3. The highest BCUT2D eigenvalue weighted by Gasteiger charge is 2.52. The molecule has 0 unspecified atom stereocenters. The Morgan fingerprint density at radius 2 is 0.591 bits per heavy atom. The van der Waals surface area contributed by atoms with Gasteiger partial charge in [-0.05, 0) is 219 Å². The molecule has 536 valence electrons. The zero-order valence-corrected chi connectivity index (χ0v) is 63.1. The van der Waals surface area contributed by atoms with Crippen molar-refractivity contribution in [1.82, 2.24) is 15.0 Å². The fraction of sp³-hybridized carbons (Fsp3) is 0.106. The first-order valence-electron chi connectivity index (χ1n) is 37.5. The Morgan fingerprint density at radius 3 is 1.05 bits per heavy atom. The highest BCUT2D eigenvalue weighted by atomic mass is 19.1. The summed E-state index contributed by atoms with van der Waals surface area (Å²) in [5.74, 6) is -0.532. The van der Waals surface area contributed by atoms with Crippen LogP contribution in [-0.2, 0) is 16.2 Å². The van der Waals surface area contributed by atoms with Gasteiger partial charge in [0.1, 0.15) is 17.5 Å². The topological polar surface area (TPSA) is 38.7 Å². The lowest BCUT2D eigenvalue weighted by Crippen LogP contribution is -2.28. The molecule has 6 heteroatoms. The van der Waals surface area contributed by atoms with E-state index in [1.54, 1.807) is 36.4 Å². The second kappa shape index (κ2) is 31.1. The number of nitrogens with zero attached hydrogens (tertiary/aromatic N) is 3. The van der Waals surface area contributed by atoms with Crippen molar-refractivity contribution in [3.05, 3.63) is 471 Å². The van der Waals surface area contributed by atoms with Gasteiger partial charge in [-0.25, -0.2) is 13.2 Å². The Hall–Kier alpha value is -12.9. The van der Waals surface area contributed by atoms with Gasteiger partial charge >= 0.3 is 0 Å². The van der Waals surface area contributed by atoms with Gasteiger partial charge in [0.05, 0.1) is 27.9 Å². The number of fused-ring (bicyclic) bond motifs is 16. The molecule has 3 aromatic heterocycles. The van der Waals surface area contributed by atoms with Crippen LogP contribution in [0.2, 0.25) is 0 Å². The molecule has 0 bridgehead atoms. The summed E-state index contributed by atoms with van der Waals surface area (Å²) in [6, 6.07) is 116. The number of hydrogen-bond donors (Lipinski definition) is 0. The predicted octanol–water partition coefficient (Wildman–Crippen LogP) is 26.6. The third kappa shape index (κ3) is 13.9. The molecule has 4 aliphatic rings. The lowest BCUT2D eigenvalue weighted by molar-refractivity contribution is 0.609. The van der Waals surface area contributed by atoms with E-state index >= 15 is 0 Å². The molecule has 3 heterocycles. The van der Waals surface area contributed by atoms with Gasteiger partial charge < -0.3 is 0 Å². The summed E-state index contributed by atoms with van der Waals surface area (Å²) in [5, 5.41) is 0. The average Bonchev–Trinajstić information content (AvgIpc) is 1.46. The third-order valence-electron chi connectivity index (χ3n) is 21.7. The fourth-order valence-corrected chi connectivity index (χ4v) is 16.6. The van der Waals surface area contributed by atoms with Crippen LogP contribution in [-0.4, -0.2) is 15.0 Å². The molecule has 110 heavy (non-hydrogen) atoms. The van der Waals surface area contributed by atoms with Gasteiger partial charge in [0.25, 0.3) is 0 Å². The number of aromatic nitrogens is 3. The number of benzene rings is 13. The summed E-state index contributed by atoms with van der Waals surface area (Å²) in [5.41, 5.74) is 34.3. The predicted molar refractivity (Wildman–Crippen MR) is 448 cm³/mol. The van der Waals surface area contributed by atoms with Crippen LogP contribution in [0.3, 0.4) is 0 Å². The number of halogens is 3. The van der Waals surface area contributed by atoms with E-state index in [0.29, 0.717) is 0 Å². The number of aryl methyl sites for hydroxylation is 6. The van der Waals surface area contributed by atoms with E-state index in [2.05, 4.69) is 270 Å². The zero-order chi connectivity index (χ0) is 76.1. The molecule has 0 aliphatic heterocycles. The van der Waals surface area contributed by atoms with Crippen molar-refractivity contribution >= 4 is 0 Å². The Labute approximate surface area is 644 Å². The first-order valence-corrected chi connectivity index (χ1v) is 37.5. The molecule has 0 fully saturated rings. The average molecular weight is 1430 g/mol. The molecular weight excluding hydrogens is 1350 g/mol. The van der Waals surface area contributed by atoms with E-state index in [1.807, 2.05) is 129 Å². The number of rotatable bonds is 5. The molecule has 0 saturated heterocycles. The van der Waals surface area contributed by atoms with Crippen molar-refractivity contribution < 1.29 is 13.2 Å². The van der Waals surface area contributed by atoms with Gasteiger partial charge in [0.15, 0.2) is 0 Å². The first-order chi connectivity index (χ1) is 53.5. The van der Waals surface area contributed by atoms with E-state index in [0.717, 1.165) is 56.0 Å².